The number of aryl methyl sites for hydroxylation is 1. The van der Waals surface area contributed by atoms with Gasteiger partial charge in [0, 0.05) is 11.1 Å². The van der Waals surface area contributed by atoms with E-state index in [9.17, 15) is 9.59 Å². The fraction of sp³-hybridized carbons (Fsp3) is 0.143. The van der Waals surface area contributed by atoms with Gasteiger partial charge in [-0.25, -0.2) is 9.97 Å². The van der Waals surface area contributed by atoms with Gasteiger partial charge in [-0.2, -0.15) is 0 Å². The van der Waals surface area contributed by atoms with Crippen LogP contribution in [0.25, 0.3) is 11.3 Å². The van der Waals surface area contributed by atoms with Gasteiger partial charge >= 0.3 is 0 Å². The van der Waals surface area contributed by atoms with Gasteiger partial charge in [0.25, 0.3) is 5.91 Å². The molecule has 2 heterocycles. The van der Waals surface area contributed by atoms with Crippen LogP contribution in [-0.2, 0) is 4.79 Å². The lowest BCUT2D eigenvalue weighted by Gasteiger charge is -2.18. The van der Waals surface area contributed by atoms with E-state index in [0.29, 0.717) is 22.8 Å². The molecule has 1 amide bonds. The van der Waals surface area contributed by atoms with Gasteiger partial charge in [0.2, 0.25) is 0 Å². The molecular weight excluding hydrogens is 374 g/mol. The first-order valence-corrected chi connectivity index (χ1v) is 9.71. The highest BCUT2D eigenvalue weighted by Crippen LogP contribution is 2.29. The molecule has 6 nitrogen and oxygen atoms in total. The number of rotatable bonds is 5. The van der Waals surface area contributed by atoms with Crippen molar-refractivity contribution in [2.24, 2.45) is 0 Å². The molecule has 2 aromatic carbocycles. The lowest BCUT2D eigenvalue weighted by atomic mass is 10.1. The number of ether oxygens (including phenoxy) is 1. The summed E-state index contributed by atoms with van der Waals surface area (Å²) < 4.78 is 5.32. The number of hydrogen-bond donors (Lipinski definition) is 1. The predicted octanol–water partition coefficient (Wildman–Crippen LogP) is 3.76. The number of benzene rings is 2. The molecule has 1 aliphatic rings. The highest BCUT2D eigenvalue weighted by molar-refractivity contribution is 7.99. The second-order valence-electron chi connectivity index (χ2n) is 6.26. The van der Waals surface area contributed by atoms with Crippen LogP contribution in [0.2, 0.25) is 0 Å². The zero-order valence-corrected chi connectivity index (χ0v) is 16.0. The second kappa shape index (κ2) is 7.82. The Labute approximate surface area is 166 Å². The largest absolute Gasteiger partial charge is 0.482 e. The number of thioether (sulfide) groups is 1. The van der Waals surface area contributed by atoms with Gasteiger partial charge in [-0.05, 0) is 31.2 Å². The molecule has 1 N–H and O–H groups in total. The summed E-state index contributed by atoms with van der Waals surface area (Å²) in [6, 6.07) is 16.8. The van der Waals surface area contributed by atoms with Crippen LogP contribution in [0.4, 0.5) is 5.69 Å². The quantitative estimate of drug-likeness (QED) is 0.405. The molecule has 140 valence electrons. The second-order valence-corrected chi connectivity index (χ2v) is 7.26. The third-order valence-corrected chi connectivity index (χ3v) is 5.08. The molecule has 0 unspecified atom stereocenters. The van der Waals surface area contributed by atoms with Gasteiger partial charge < -0.3 is 10.1 Å². The molecule has 0 aliphatic carbocycles. The normalized spacial score (nSPS) is 12.7. The molecule has 0 radical (unpaired) electrons. The number of aromatic nitrogens is 2. The SMILES string of the molecule is Cc1nc(SCC(=O)c2ccc3c(c2)NC(=O)CO3)cc(-c2ccccc2)n1. The molecule has 0 fully saturated rings. The molecule has 1 aliphatic heterocycles. The number of nitrogens with one attached hydrogen (secondary N) is 1. The molecule has 0 spiro atoms. The molecule has 4 rings (SSSR count). The van der Waals surface area contributed by atoms with E-state index in [1.807, 2.05) is 43.3 Å². The lowest BCUT2D eigenvalue weighted by molar-refractivity contribution is -0.118. The smallest absolute Gasteiger partial charge is 0.262 e. The molecule has 0 saturated carbocycles. The van der Waals surface area contributed by atoms with Gasteiger partial charge in [0.1, 0.15) is 16.6 Å². The van der Waals surface area contributed by atoms with E-state index in [0.717, 1.165) is 16.3 Å². The maximum absolute atomic E-state index is 12.6. The summed E-state index contributed by atoms with van der Waals surface area (Å²) in [5.41, 5.74) is 2.88. The van der Waals surface area contributed by atoms with Crippen LogP contribution < -0.4 is 10.1 Å². The summed E-state index contributed by atoms with van der Waals surface area (Å²) in [7, 11) is 0. The van der Waals surface area contributed by atoms with Crippen molar-refractivity contribution >= 4 is 29.1 Å². The summed E-state index contributed by atoms with van der Waals surface area (Å²) in [5.74, 6) is 1.19. The van der Waals surface area contributed by atoms with Crippen LogP contribution in [0.1, 0.15) is 16.2 Å². The van der Waals surface area contributed by atoms with Crippen molar-refractivity contribution in [2.75, 3.05) is 17.7 Å². The summed E-state index contributed by atoms with van der Waals surface area (Å²) in [4.78, 5) is 33.0. The van der Waals surface area contributed by atoms with Gasteiger partial charge in [0.15, 0.2) is 12.4 Å². The fourth-order valence-corrected chi connectivity index (χ4v) is 3.69. The number of hydrogen-bond acceptors (Lipinski definition) is 6. The van der Waals surface area contributed by atoms with E-state index in [2.05, 4.69) is 15.3 Å². The van der Waals surface area contributed by atoms with Crippen molar-refractivity contribution in [3.63, 3.8) is 0 Å². The monoisotopic (exact) mass is 391 g/mol. The minimum atomic E-state index is -0.226. The molecule has 0 atom stereocenters. The molecule has 3 aromatic rings. The van der Waals surface area contributed by atoms with E-state index < -0.39 is 0 Å². The average Bonchev–Trinajstić information content (AvgIpc) is 2.71. The number of amides is 1. The number of carbonyl (C=O) groups excluding carboxylic acids is 2. The number of ketones is 1. The first-order valence-electron chi connectivity index (χ1n) is 8.72. The van der Waals surface area contributed by atoms with Crippen molar-refractivity contribution in [1.29, 1.82) is 0 Å². The molecule has 1 aromatic heterocycles. The Balaban J connectivity index is 1.49. The number of fused-ring (bicyclic) bond motifs is 1. The summed E-state index contributed by atoms with van der Waals surface area (Å²) in [6.07, 6.45) is 0. The Morgan fingerprint density at radius 1 is 1.14 bits per heavy atom. The maximum atomic E-state index is 12.6. The Bertz CT molecular complexity index is 1050. The van der Waals surface area contributed by atoms with Crippen molar-refractivity contribution in [1.82, 2.24) is 9.97 Å². The van der Waals surface area contributed by atoms with Crippen molar-refractivity contribution < 1.29 is 14.3 Å². The number of Topliss-reactive ketones (excluding diaryl/α,β-unsaturated/α-hetero) is 1. The highest BCUT2D eigenvalue weighted by Gasteiger charge is 2.18. The van der Waals surface area contributed by atoms with E-state index in [-0.39, 0.29) is 24.1 Å². The van der Waals surface area contributed by atoms with E-state index in [1.54, 1.807) is 18.2 Å². The van der Waals surface area contributed by atoms with E-state index in [4.69, 9.17) is 4.74 Å². The van der Waals surface area contributed by atoms with Gasteiger partial charge in [-0.1, -0.05) is 42.1 Å². The Hall–Kier alpha value is -3.19. The first kappa shape index (κ1) is 18.2. The van der Waals surface area contributed by atoms with Crippen LogP contribution >= 0.6 is 11.8 Å². The summed E-state index contributed by atoms with van der Waals surface area (Å²) in [5, 5.41) is 3.46. The van der Waals surface area contributed by atoms with Crippen LogP contribution in [0.5, 0.6) is 5.75 Å². The van der Waals surface area contributed by atoms with Crippen molar-refractivity contribution in [3.05, 3.63) is 66.0 Å². The lowest BCUT2D eigenvalue weighted by Crippen LogP contribution is -2.25. The molecule has 7 heteroatoms. The van der Waals surface area contributed by atoms with Crippen LogP contribution in [0.3, 0.4) is 0 Å². The number of nitrogens with zero attached hydrogens (tertiary/aromatic N) is 2. The van der Waals surface area contributed by atoms with Crippen LogP contribution in [0.15, 0.2) is 59.6 Å². The molecule has 0 saturated heterocycles. The van der Waals surface area contributed by atoms with Crippen molar-refractivity contribution in [2.45, 2.75) is 11.9 Å². The topological polar surface area (TPSA) is 81.2 Å². The highest BCUT2D eigenvalue weighted by atomic mass is 32.2. The maximum Gasteiger partial charge on any atom is 0.262 e. The average molecular weight is 391 g/mol. The van der Waals surface area contributed by atoms with E-state index in [1.165, 1.54) is 11.8 Å². The predicted molar refractivity (Wildman–Crippen MR) is 108 cm³/mol. The zero-order chi connectivity index (χ0) is 19.5. The third-order valence-electron chi connectivity index (χ3n) is 4.17. The van der Waals surface area contributed by atoms with Crippen molar-refractivity contribution in [3.8, 4) is 17.0 Å². The molecule has 0 bridgehead atoms. The minimum Gasteiger partial charge on any atom is -0.482 e. The number of anilines is 1. The van der Waals surface area contributed by atoms with Gasteiger partial charge in [-0.15, -0.1) is 0 Å². The standard InChI is InChI=1S/C21H17N3O3S/c1-13-22-16(14-5-3-2-4-6-14)10-21(23-13)28-12-18(25)15-7-8-19-17(9-15)24-20(26)11-27-19/h2-10H,11-12H2,1H3,(H,24,26). The number of carbonyl (C=O) groups is 2. The van der Waals surface area contributed by atoms with E-state index >= 15 is 0 Å². The molecular formula is C21H17N3O3S. The molecule has 28 heavy (non-hydrogen) atoms. The first-order chi connectivity index (χ1) is 13.6. The summed E-state index contributed by atoms with van der Waals surface area (Å²) >= 11 is 1.37. The fourth-order valence-electron chi connectivity index (χ4n) is 2.85. The Kier molecular flexibility index (Phi) is 5.08. The van der Waals surface area contributed by atoms with Gasteiger partial charge in [0.05, 0.1) is 17.1 Å². The van der Waals surface area contributed by atoms with Crippen LogP contribution in [-0.4, -0.2) is 34.0 Å². The summed E-state index contributed by atoms with van der Waals surface area (Å²) in [6.45, 7) is 1.83. The third kappa shape index (κ3) is 4.04. The zero-order valence-electron chi connectivity index (χ0n) is 15.1. The van der Waals surface area contributed by atoms with Gasteiger partial charge in [-0.3, -0.25) is 9.59 Å². The minimum absolute atomic E-state index is 0.00699. The Morgan fingerprint density at radius 3 is 2.79 bits per heavy atom. The van der Waals surface area contributed by atoms with Crippen LogP contribution in [0, 0.1) is 6.92 Å². The Morgan fingerprint density at radius 2 is 1.96 bits per heavy atom.